The molecular weight excluding hydrogens is 161 g/mol. The van der Waals surface area contributed by atoms with Crippen molar-refractivity contribution in [1.82, 2.24) is 0 Å². The maximum Gasteiger partial charge on any atom is 0.168 e. The van der Waals surface area contributed by atoms with Gasteiger partial charge in [0.25, 0.3) is 0 Å². The number of rotatable bonds is 1. The molecule has 0 spiro atoms. The van der Waals surface area contributed by atoms with Gasteiger partial charge in [-0.25, -0.2) is 4.39 Å². The van der Waals surface area contributed by atoms with Crippen LogP contribution < -0.4 is 4.74 Å². The Morgan fingerprint density at radius 1 is 1.58 bits per heavy atom. The number of hydrogen-bond donors (Lipinski definition) is 1. The molecule has 0 saturated carbocycles. The van der Waals surface area contributed by atoms with Crippen LogP contribution in [0.1, 0.15) is 5.56 Å². The monoisotopic (exact) mass is 167 g/mol. The highest BCUT2D eigenvalue weighted by atomic mass is 19.1. The molecule has 1 N–H and O–H groups in total. The first-order valence-electron chi connectivity index (χ1n) is 3.15. The van der Waals surface area contributed by atoms with E-state index in [0.717, 1.165) is 12.1 Å². The molecule has 1 rings (SSSR count). The average Bonchev–Trinajstić information content (AvgIpc) is 2.05. The molecule has 1 aromatic rings. The zero-order valence-electron chi connectivity index (χ0n) is 6.34. The second-order valence-electron chi connectivity index (χ2n) is 2.12. The van der Waals surface area contributed by atoms with Crippen LogP contribution in [-0.4, -0.2) is 12.2 Å². The molecule has 0 unspecified atom stereocenters. The minimum atomic E-state index is -0.686. The van der Waals surface area contributed by atoms with E-state index in [1.165, 1.54) is 7.11 Å². The van der Waals surface area contributed by atoms with Crippen LogP contribution in [0.25, 0.3) is 0 Å². The first kappa shape index (κ1) is 8.34. The third-order valence-electron chi connectivity index (χ3n) is 1.39. The van der Waals surface area contributed by atoms with E-state index in [0.29, 0.717) is 0 Å². The molecule has 0 heterocycles. The Kier molecular flexibility index (Phi) is 2.15. The highest BCUT2D eigenvalue weighted by Gasteiger charge is 2.08. The predicted molar refractivity (Wildman–Crippen MR) is 39.3 cm³/mol. The van der Waals surface area contributed by atoms with Gasteiger partial charge in [-0.2, -0.15) is 5.26 Å². The number of phenolic OH excluding ortho intramolecular Hbond substituents is 1. The first-order valence-corrected chi connectivity index (χ1v) is 3.15. The van der Waals surface area contributed by atoms with Gasteiger partial charge in [-0.05, 0) is 0 Å². The van der Waals surface area contributed by atoms with Crippen LogP contribution in [0.4, 0.5) is 4.39 Å². The molecule has 0 aliphatic rings. The predicted octanol–water partition coefficient (Wildman–Crippen LogP) is 1.41. The van der Waals surface area contributed by atoms with E-state index in [9.17, 15) is 4.39 Å². The number of benzene rings is 1. The van der Waals surface area contributed by atoms with Gasteiger partial charge < -0.3 is 9.84 Å². The van der Waals surface area contributed by atoms with E-state index in [1.54, 1.807) is 6.07 Å². The second kappa shape index (κ2) is 3.09. The van der Waals surface area contributed by atoms with Crippen LogP contribution in [0.15, 0.2) is 12.1 Å². The largest absolute Gasteiger partial charge is 0.506 e. The SMILES string of the molecule is COc1cc(C#N)c(O)cc1F. The van der Waals surface area contributed by atoms with Gasteiger partial charge in [0.05, 0.1) is 12.7 Å². The molecular formula is C8H6FNO2. The molecule has 0 radical (unpaired) electrons. The maximum atomic E-state index is 12.8. The van der Waals surface area contributed by atoms with Crippen molar-refractivity contribution < 1.29 is 14.2 Å². The van der Waals surface area contributed by atoms with Gasteiger partial charge in [0.15, 0.2) is 11.6 Å². The molecule has 62 valence electrons. The summed E-state index contributed by atoms with van der Waals surface area (Å²) in [5, 5.41) is 17.4. The van der Waals surface area contributed by atoms with Gasteiger partial charge in [0.2, 0.25) is 0 Å². The van der Waals surface area contributed by atoms with E-state index in [-0.39, 0.29) is 17.1 Å². The fraction of sp³-hybridized carbons (Fsp3) is 0.125. The highest BCUT2D eigenvalue weighted by molar-refractivity contribution is 5.47. The summed E-state index contributed by atoms with van der Waals surface area (Å²) in [6, 6.07) is 3.69. The molecule has 0 saturated heterocycles. The smallest absolute Gasteiger partial charge is 0.168 e. The molecule has 12 heavy (non-hydrogen) atoms. The van der Waals surface area contributed by atoms with Gasteiger partial charge in [0, 0.05) is 12.1 Å². The summed E-state index contributed by atoms with van der Waals surface area (Å²) in [5.74, 6) is -1.12. The van der Waals surface area contributed by atoms with Crippen molar-refractivity contribution in [3.8, 4) is 17.6 Å². The number of ether oxygens (including phenoxy) is 1. The van der Waals surface area contributed by atoms with Crippen LogP contribution in [0, 0.1) is 17.1 Å². The summed E-state index contributed by atoms with van der Waals surface area (Å²) in [5.41, 5.74) is -0.00625. The lowest BCUT2D eigenvalue weighted by molar-refractivity contribution is 0.382. The molecule has 0 aliphatic carbocycles. The van der Waals surface area contributed by atoms with Crippen molar-refractivity contribution in [3.63, 3.8) is 0 Å². The number of nitriles is 1. The van der Waals surface area contributed by atoms with Crippen molar-refractivity contribution in [3.05, 3.63) is 23.5 Å². The number of hydrogen-bond acceptors (Lipinski definition) is 3. The van der Waals surface area contributed by atoms with Crippen LogP contribution in [0.5, 0.6) is 11.5 Å². The van der Waals surface area contributed by atoms with Gasteiger partial charge >= 0.3 is 0 Å². The van der Waals surface area contributed by atoms with E-state index < -0.39 is 5.82 Å². The topological polar surface area (TPSA) is 53.2 Å². The molecule has 4 heteroatoms. The Hall–Kier alpha value is -1.76. The number of methoxy groups -OCH3 is 1. The summed E-state index contributed by atoms with van der Waals surface area (Å²) in [6.45, 7) is 0. The van der Waals surface area contributed by atoms with Crippen molar-refractivity contribution in [2.75, 3.05) is 7.11 Å². The van der Waals surface area contributed by atoms with Crippen molar-refractivity contribution >= 4 is 0 Å². The van der Waals surface area contributed by atoms with Gasteiger partial charge in [-0.15, -0.1) is 0 Å². The van der Waals surface area contributed by atoms with E-state index in [2.05, 4.69) is 4.74 Å². The fourth-order valence-corrected chi connectivity index (χ4v) is 0.789. The average molecular weight is 167 g/mol. The molecule has 0 amide bonds. The summed E-state index contributed by atoms with van der Waals surface area (Å²) in [7, 11) is 1.29. The number of halogens is 1. The van der Waals surface area contributed by atoms with Crippen LogP contribution >= 0.6 is 0 Å². The Morgan fingerprint density at radius 3 is 2.75 bits per heavy atom. The zero-order chi connectivity index (χ0) is 9.14. The standard InChI is InChI=1S/C8H6FNO2/c1-12-8-2-5(4-10)7(11)3-6(8)9/h2-3,11H,1H3. The van der Waals surface area contributed by atoms with E-state index in [4.69, 9.17) is 10.4 Å². The fourth-order valence-electron chi connectivity index (χ4n) is 0.789. The Balaban J connectivity index is 3.30. The van der Waals surface area contributed by atoms with Crippen molar-refractivity contribution in [2.45, 2.75) is 0 Å². The van der Waals surface area contributed by atoms with Crippen LogP contribution in [0.2, 0.25) is 0 Å². The Morgan fingerprint density at radius 2 is 2.25 bits per heavy atom. The highest BCUT2D eigenvalue weighted by Crippen LogP contribution is 2.25. The maximum absolute atomic E-state index is 12.8. The van der Waals surface area contributed by atoms with Crippen LogP contribution in [0.3, 0.4) is 0 Å². The zero-order valence-corrected chi connectivity index (χ0v) is 6.34. The Labute approximate surface area is 68.6 Å². The van der Waals surface area contributed by atoms with Gasteiger partial charge in [-0.1, -0.05) is 0 Å². The minimum absolute atomic E-state index is 0.00625. The number of aromatic hydroxyl groups is 1. The van der Waals surface area contributed by atoms with Crippen LogP contribution in [-0.2, 0) is 0 Å². The molecule has 1 aromatic carbocycles. The molecule has 0 bridgehead atoms. The molecule has 0 fully saturated rings. The summed E-state index contributed by atoms with van der Waals surface area (Å²) >= 11 is 0. The minimum Gasteiger partial charge on any atom is -0.506 e. The number of nitrogens with zero attached hydrogens (tertiary/aromatic N) is 1. The molecule has 0 aromatic heterocycles. The summed E-state index contributed by atoms with van der Waals surface area (Å²) in [4.78, 5) is 0. The van der Waals surface area contributed by atoms with Gasteiger partial charge in [0.1, 0.15) is 11.8 Å². The second-order valence-corrected chi connectivity index (χ2v) is 2.12. The lowest BCUT2D eigenvalue weighted by Crippen LogP contribution is -1.89. The summed E-state index contributed by atoms with van der Waals surface area (Å²) < 4.78 is 17.4. The normalized spacial score (nSPS) is 9.08. The number of phenols is 1. The van der Waals surface area contributed by atoms with Crippen molar-refractivity contribution in [2.24, 2.45) is 0 Å². The molecule has 0 atom stereocenters. The first-order chi connectivity index (χ1) is 5.69. The third kappa shape index (κ3) is 1.30. The van der Waals surface area contributed by atoms with Crippen molar-refractivity contribution in [1.29, 1.82) is 5.26 Å². The third-order valence-corrected chi connectivity index (χ3v) is 1.39. The van der Waals surface area contributed by atoms with E-state index >= 15 is 0 Å². The Bertz CT molecular complexity index is 344. The molecule has 3 nitrogen and oxygen atoms in total. The summed E-state index contributed by atoms with van der Waals surface area (Å²) in [6.07, 6.45) is 0. The quantitative estimate of drug-likeness (QED) is 0.688. The molecule has 0 aliphatic heterocycles. The lowest BCUT2D eigenvalue weighted by Gasteiger charge is -2.02. The lowest BCUT2D eigenvalue weighted by atomic mass is 10.2. The van der Waals surface area contributed by atoms with E-state index in [1.807, 2.05) is 0 Å². The van der Waals surface area contributed by atoms with Gasteiger partial charge in [-0.3, -0.25) is 0 Å².